The maximum Gasteiger partial charge on any atom is 0.217 e. The number of rotatable bonds is 9. The van der Waals surface area contributed by atoms with Crippen molar-refractivity contribution < 1.29 is 14.2 Å². The standard InChI is InChI=1S/C12H19BrN2O3/c1-16-5-6-17-3-2-4-18-12-10(8-14)7-11(13)9-15-12/h7,9H,2-6,8,14H2,1H3. The SMILES string of the molecule is COCCOCCCOc1ncc(Br)cc1CN. The van der Waals surface area contributed by atoms with E-state index in [9.17, 15) is 0 Å². The first kappa shape index (κ1) is 15.4. The Bertz CT molecular complexity index is 350. The second-order valence-corrected chi connectivity index (χ2v) is 4.54. The van der Waals surface area contributed by atoms with Gasteiger partial charge in [0, 0.05) is 42.9 Å². The molecule has 1 aromatic heterocycles. The summed E-state index contributed by atoms with van der Waals surface area (Å²) >= 11 is 3.35. The number of pyridine rings is 1. The van der Waals surface area contributed by atoms with Gasteiger partial charge in [0.25, 0.3) is 0 Å². The minimum atomic E-state index is 0.409. The Balaban J connectivity index is 2.22. The summed E-state index contributed by atoms with van der Waals surface area (Å²) in [4.78, 5) is 4.19. The molecule has 6 heteroatoms. The number of hydrogen-bond acceptors (Lipinski definition) is 5. The van der Waals surface area contributed by atoms with Crippen LogP contribution >= 0.6 is 15.9 Å². The van der Waals surface area contributed by atoms with Crippen molar-refractivity contribution >= 4 is 15.9 Å². The summed E-state index contributed by atoms with van der Waals surface area (Å²) in [6.45, 7) is 2.85. The molecule has 0 atom stereocenters. The minimum absolute atomic E-state index is 0.409. The van der Waals surface area contributed by atoms with E-state index in [1.54, 1.807) is 13.3 Å². The highest BCUT2D eigenvalue weighted by atomic mass is 79.9. The summed E-state index contributed by atoms with van der Waals surface area (Å²) in [7, 11) is 1.65. The van der Waals surface area contributed by atoms with Crippen LogP contribution in [0, 0.1) is 0 Å². The van der Waals surface area contributed by atoms with Crippen LogP contribution in [0.15, 0.2) is 16.7 Å². The van der Waals surface area contributed by atoms with Gasteiger partial charge in [0.15, 0.2) is 0 Å². The molecule has 18 heavy (non-hydrogen) atoms. The Morgan fingerprint density at radius 1 is 1.28 bits per heavy atom. The minimum Gasteiger partial charge on any atom is -0.477 e. The zero-order valence-electron chi connectivity index (χ0n) is 10.5. The van der Waals surface area contributed by atoms with Crippen LogP contribution in [0.2, 0.25) is 0 Å². The number of aromatic nitrogens is 1. The van der Waals surface area contributed by atoms with Gasteiger partial charge in [0.1, 0.15) is 0 Å². The average Bonchev–Trinajstić information content (AvgIpc) is 2.39. The van der Waals surface area contributed by atoms with Crippen LogP contribution in [0.5, 0.6) is 5.88 Å². The Morgan fingerprint density at radius 2 is 2.11 bits per heavy atom. The molecular formula is C12H19BrN2O3. The molecule has 0 aromatic carbocycles. The van der Waals surface area contributed by atoms with E-state index >= 15 is 0 Å². The number of nitrogens with zero attached hydrogens (tertiary/aromatic N) is 1. The predicted molar refractivity (Wildman–Crippen MR) is 72.6 cm³/mol. The smallest absolute Gasteiger partial charge is 0.217 e. The largest absolute Gasteiger partial charge is 0.477 e. The quantitative estimate of drug-likeness (QED) is 0.702. The molecule has 0 saturated carbocycles. The van der Waals surface area contributed by atoms with E-state index in [1.807, 2.05) is 6.07 Å². The van der Waals surface area contributed by atoms with Crippen molar-refractivity contribution in [3.63, 3.8) is 0 Å². The molecular weight excluding hydrogens is 300 g/mol. The number of ether oxygens (including phenoxy) is 3. The van der Waals surface area contributed by atoms with Gasteiger partial charge in [-0.2, -0.15) is 0 Å². The molecule has 2 N–H and O–H groups in total. The monoisotopic (exact) mass is 318 g/mol. The summed E-state index contributed by atoms with van der Waals surface area (Å²) in [5, 5.41) is 0. The molecule has 0 aliphatic heterocycles. The predicted octanol–water partition coefficient (Wildman–Crippen LogP) is 1.73. The Hall–Kier alpha value is -0.690. The van der Waals surface area contributed by atoms with Crippen LogP contribution < -0.4 is 10.5 Å². The molecule has 102 valence electrons. The summed E-state index contributed by atoms with van der Waals surface area (Å²) in [6, 6.07) is 1.91. The highest BCUT2D eigenvalue weighted by Crippen LogP contribution is 2.19. The normalized spacial score (nSPS) is 10.6. The molecule has 0 aliphatic carbocycles. The van der Waals surface area contributed by atoms with Gasteiger partial charge in [-0.25, -0.2) is 4.98 Å². The van der Waals surface area contributed by atoms with Crippen molar-refractivity contribution in [3.05, 3.63) is 22.3 Å². The van der Waals surface area contributed by atoms with Gasteiger partial charge in [0.05, 0.1) is 19.8 Å². The van der Waals surface area contributed by atoms with E-state index in [-0.39, 0.29) is 0 Å². The van der Waals surface area contributed by atoms with Crippen LogP contribution in [-0.4, -0.2) is 38.5 Å². The molecule has 0 spiro atoms. The third kappa shape index (κ3) is 5.77. The van der Waals surface area contributed by atoms with Crippen LogP contribution in [0.3, 0.4) is 0 Å². The van der Waals surface area contributed by atoms with Crippen molar-refractivity contribution in [3.8, 4) is 5.88 Å². The maximum atomic E-state index is 5.63. The van der Waals surface area contributed by atoms with Crippen molar-refractivity contribution in [2.45, 2.75) is 13.0 Å². The lowest BCUT2D eigenvalue weighted by molar-refractivity contribution is 0.0641. The van der Waals surface area contributed by atoms with Crippen LogP contribution in [0.25, 0.3) is 0 Å². The fraction of sp³-hybridized carbons (Fsp3) is 0.583. The first-order chi connectivity index (χ1) is 8.77. The van der Waals surface area contributed by atoms with Gasteiger partial charge < -0.3 is 19.9 Å². The van der Waals surface area contributed by atoms with Gasteiger partial charge >= 0.3 is 0 Å². The highest BCUT2D eigenvalue weighted by Gasteiger charge is 2.04. The van der Waals surface area contributed by atoms with Crippen LogP contribution in [-0.2, 0) is 16.0 Å². The maximum absolute atomic E-state index is 5.63. The van der Waals surface area contributed by atoms with Gasteiger partial charge in [-0.3, -0.25) is 0 Å². The van der Waals surface area contributed by atoms with Crippen LogP contribution in [0.1, 0.15) is 12.0 Å². The molecule has 1 aromatic rings. The molecule has 0 radical (unpaired) electrons. The molecule has 0 fully saturated rings. The van der Waals surface area contributed by atoms with E-state index in [4.69, 9.17) is 19.9 Å². The third-order valence-electron chi connectivity index (χ3n) is 2.22. The van der Waals surface area contributed by atoms with Crippen molar-refractivity contribution in [1.29, 1.82) is 0 Å². The average molecular weight is 319 g/mol. The Kier molecular flexibility index (Phi) is 7.91. The number of methoxy groups -OCH3 is 1. The van der Waals surface area contributed by atoms with Crippen molar-refractivity contribution in [2.24, 2.45) is 5.73 Å². The summed E-state index contributed by atoms with van der Waals surface area (Å²) < 4.78 is 16.7. The number of nitrogens with two attached hydrogens (primary N) is 1. The Morgan fingerprint density at radius 3 is 2.83 bits per heavy atom. The van der Waals surface area contributed by atoms with E-state index in [1.165, 1.54) is 0 Å². The first-order valence-electron chi connectivity index (χ1n) is 5.82. The van der Waals surface area contributed by atoms with Gasteiger partial charge in [-0.1, -0.05) is 0 Å². The Labute approximate surface area is 116 Å². The number of halogens is 1. The second-order valence-electron chi connectivity index (χ2n) is 3.63. The summed E-state index contributed by atoms with van der Waals surface area (Å²) in [5.74, 6) is 0.595. The van der Waals surface area contributed by atoms with Gasteiger partial charge in [-0.15, -0.1) is 0 Å². The van der Waals surface area contributed by atoms with Crippen molar-refractivity contribution in [1.82, 2.24) is 4.98 Å². The second kappa shape index (κ2) is 9.27. The highest BCUT2D eigenvalue weighted by molar-refractivity contribution is 9.10. The first-order valence-corrected chi connectivity index (χ1v) is 6.61. The van der Waals surface area contributed by atoms with Gasteiger partial charge in [-0.05, 0) is 22.0 Å². The fourth-order valence-corrected chi connectivity index (χ4v) is 1.70. The zero-order chi connectivity index (χ0) is 13.2. The van der Waals surface area contributed by atoms with E-state index < -0.39 is 0 Å². The topological polar surface area (TPSA) is 66.6 Å². The van der Waals surface area contributed by atoms with Crippen LogP contribution in [0.4, 0.5) is 0 Å². The van der Waals surface area contributed by atoms with E-state index in [0.717, 1.165) is 16.5 Å². The van der Waals surface area contributed by atoms with E-state index in [2.05, 4.69) is 20.9 Å². The lowest BCUT2D eigenvalue weighted by atomic mass is 10.3. The zero-order valence-corrected chi connectivity index (χ0v) is 12.1. The molecule has 0 bridgehead atoms. The lowest BCUT2D eigenvalue weighted by Crippen LogP contribution is -2.09. The lowest BCUT2D eigenvalue weighted by Gasteiger charge is -2.09. The van der Waals surface area contributed by atoms with Crippen molar-refractivity contribution in [2.75, 3.05) is 33.5 Å². The molecule has 0 aliphatic rings. The summed E-state index contributed by atoms with van der Waals surface area (Å²) in [6.07, 6.45) is 2.51. The fourth-order valence-electron chi connectivity index (χ4n) is 1.32. The number of hydrogen-bond donors (Lipinski definition) is 1. The molecule has 0 unspecified atom stereocenters. The molecule has 1 heterocycles. The third-order valence-corrected chi connectivity index (χ3v) is 2.65. The molecule has 0 amide bonds. The van der Waals surface area contributed by atoms with Gasteiger partial charge in [0.2, 0.25) is 5.88 Å². The van der Waals surface area contributed by atoms with E-state index in [0.29, 0.717) is 38.9 Å². The molecule has 1 rings (SSSR count). The molecule has 5 nitrogen and oxygen atoms in total. The molecule has 0 saturated heterocycles. The summed E-state index contributed by atoms with van der Waals surface area (Å²) in [5.41, 5.74) is 6.52.